The van der Waals surface area contributed by atoms with Gasteiger partial charge in [-0.25, -0.2) is 10.2 Å². The number of hydrogen-bond donors (Lipinski definition) is 4. The van der Waals surface area contributed by atoms with Gasteiger partial charge in [0.2, 0.25) is 5.91 Å². The number of rotatable bonds is 6. The van der Waals surface area contributed by atoms with E-state index in [0.717, 1.165) is 0 Å². The Hall–Kier alpha value is -2.55. The molecule has 0 unspecified atom stereocenters. The van der Waals surface area contributed by atoms with Crippen LogP contribution in [-0.4, -0.2) is 23.7 Å². The van der Waals surface area contributed by atoms with E-state index in [1.165, 1.54) is 0 Å². The zero-order valence-corrected chi connectivity index (χ0v) is 17.0. The second kappa shape index (κ2) is 11.3. The Morgan fingerprint density at radius 3 is 2.50 bits per heavy atom. The van der Waals surface area contributed by atoms with Gasteiger partial charge in [-0.15, -0.1) is 0 Å². The molecule has 148 valence electrons. The average molecular weight is 441 g/mol. The molecule has 0 atom stereocenters. The molecule has 0 spiro atoms. The smallest absolute Gasteiger partial charge is 0.337 e. The summed E-state index contributed by atoms with van der Waals surface area (Å²) in [6.45, 7) is 0.298. The molecule has 0 aliphatic carbocycles. The predicted octanol–water partition coefficient (Wildman–Crippen LogP) is 3.88. The Morgan fingerprint density at radius 1 is 1.04 bits per heavy atom. The van der Waals surface area contributed by atoms with Gasteiger partial charge in [-0.05, 0) is 49.0 Å². The first-order valence-corrected chi connectivity index (χ1v) is 9.40. The van der Waals surface area contributed by atoms with E-state index >= 15 is 0 Å². The van der Waals surface area contributed by atoms with Crippen molar-refractivity contribution in [3.8, 4) is 5.75 Å². The molecule has 4 N–H and O–H groups in total. The topological polar surface area (TPSA) is 91.5 Å². The Labute approximate surface area is 177 Å². The van der Waals surface area contributed by atoms with Crippen molar-refractivity contribution in [1.82, 2.24) is 16.2 Å². The maximum Gasteiger partial charge on any atom is 0.337 e. The van der Waals surface area contributed by atoms with Crippen LogP contribution in [-0.2, 0) is 4.79 Å². The van der Waals surface area contributed by atoms with E-state index in [4.69, 9.17) is 40.2 Å². The summed E-state index contributed by atoms with van der Waals surface area (Å²) in [5.41, 5.74) is 5.39. The molecule has 2 aromatic carbocycles. The molecule has 0 fully saturated rings. The molecule has 0 aliphatic heterocycles. The maximum atomic E-state index is 11.8. The highest BCUT2D eigenvalue weighted by Crippen LogP contribution is 2.27. The fraction of sp³-hybridized carbons (Fsp3) is 0.167. The lowest BCUT2D eigenvalue weighted by Crippen LogP contribution is -2.49. The molecule has 2 rings (SSSR count). The standard InChI is InChI=1S/C18H18Cl2N4O3S/c19-12-8-9-15(14(20)11-12)27-10-4-7-16(25)22-18(28)24-23-17(26)21-13-5-2-1-3-6-13/h1-3,5-6,8-9,11H,4,7,10H2,(H2,21,23,26)(H2,22,24,25,28). The van der Waals surface area contributed by atoms with Crippen LogP contribution in [0.25, 0.3) is 0 Å². The number of urea groups is 1. The lowest BCUT2D eigenvalue weighted by molar-refractivity contribution is -0.119. The van der Waals surface area contributed by atoms with Gasteiger partial charge in [0.25, 0.3) is 0 Å². The summed E-state index contributed by atoms with van der Waals surface area (Å²) in [5.74, 6) is 0.186. The minimum absolute atomic E-state index is 0.0186. The zero-order chi connectivity index (χ0) is 20.4. The third kappa shape index (κ3) is 7.99. The molecule has 7 nitrogen and oxygen atoms in total. The van der Waals surface area contributed by atoms with Crippen molar-refractivity contribution in [3.05, 3.63) is 58.6 Å². The summed E-state index contributed by atoms with van der Waals surface area (Å²) in [5, 5.41) is 5.96. The summed E-state index contributed by atoms with van der Waals surface area (Å²) in [4.78, 5) is 23.6. The van der Waals surface area contributed by atoms with Gasteiger partial charge in [-0.2, -0.15) is 0 Å². The van der Waals surface area contributed by atoms with E-state index in [9.17, 15) is 9.59 Å². The van der Waals surface area contributed by atoms with E-state index in [-0.39, 0.29) is 17.4 Å². The second-order valence-corrected chi connectivity index (χ2v) is 6.73. The number of amides is 3. The van der Waals surface area contributed by atoms with Crippen molar-refractivity contribution in [2.75, 3.05) is 11.9 Å². The summed E-state index contributed by atoms with van der Waals surface area (Å²) in [7, 11) is 0. The highest BCUT2D eigenvalue weighted by molar-refractivity contribution is 7.80. The fourth-order valence-corrected chi connectivity index (χ4v) is 2.65. The Kier molecular flexibility index (Phi) is 8.80. The molecule has 0 heterocycles. The van der Waals surface area contributed by atoms with Gasteiger partial charge in [-0.3, -0.25) is 10.2 Å². The number of carbonyl (C=O) groups is 2. The van der Waals surface area contributed by atoms with E-state index in [2.05, 4.69) is 21.5 Å². The van der Waals surface area contributed by atoms with Crippen LogP contribution in [0, 0.1) is 0 Å². The van der Waals surface area contributed by atoms with Crippen molar-refractivity contribution in [2.45, 2.75) is 12.8 Å². The summed E-state index contributed by atoms with van der Waals surface area (Å²) >= 11 is 16.8. The number of halogens is 2. The molecule has 0 saturated heterocycles. The van der Waals surface area contributed by atoms with Crippen LogP contribution < -0.4 is 26.2 Å². The molecule has 0 saturated carbocycles. The number of thiocarbonyl (C=S) groups is 1. The van der Waals surface area contributed by atoms with Crippen LogP contribution in [0.5, 0.6) is 5.75 Å². The first kappa shape index (κ1) is 21.7. The Balaban J connectivity index is 1.60. The largest absolute Gasteiger partial charge is 0.492 e. The molecular weight excluding hydrogens is 423 g/mol. The number of hydrogen-bond acceptors (Lipinski definition) is 4. The molecule has 2 aromatic rings. The number of carbonyl (C=O) groups excluding carboxylic acids is 2. The molecule has 0 aromatic heterocycles. The van der Waals surface area contributed by atoms with Crippen molar-refractivity contribution < 1.29 is 14.3 Å². The lowest BCUT2D eigenvalue weighted by atomic mass is 10.3. The van der Waals surface area contributed by atoms with Gasteiger partial charge in [0.15, 0.2) is 5.11 Å². The second-order valence-electron chi connectivity index (χ2n) is 5.47. The molecule has 0 bridgehead atoms. The number of benzene rings is 2. The van der Waals surface area contributed by atoms with Crippen LogP contribution >= 0.6 is 35.4 Å². The van der Waals surface area contributed by atoms with Crippen molar-refractivity contribution in [1.29, 1.82) is 0 Å². The average Bonchev–Trinajstić information content (AvgIpc) is 2.66. The summed E-state index contributed by atoms with van der Waals surface area (Å²) < 4.78 is 5.50. The van der Waals surface area contributed by atoms with Crippen LogP contribution in [0.4, 0.5) is 10.5 Å². The molecule has 10 heteroatoms. The van der Waals surface area contributed by atoms with Gasteiger partial charge in [0.05, 0.1) is 11.6 Å². The molecule has 3 amide bonds. The van der Waals surface area contributed by atoms with Gasteiger partial charge < -0.3 is 15.4 Å². The first-order valence-electron chi connectivity index (χ1n) is 8.24. The van der Waals surface area contributed by atoms with E-state index in [1.807, 2.05) is 6.07 Å². The molecule has 0 radical (unpaired) electrons. The molecular formula is C18H18Cl2N4O3S. The van der Waals surface area contributed by atoms with Crippen LogP contribution in [0.15, 0.2) is 48.5 Å². The third-order valence-electron chi connectivity index (χ3n) is 3.27. The number of nitrogens with one attached hydrogen (secondary N) is 4. The highest BCUT2D eigenvalue weighted by atomic mass is 35.5. The van der Waals surface area contributed by atoms with E-state index < -0.39 is 6.03 Å². The Morgan fingerprint density at radius 2 is 1.79 bits per heavy atom. The summed E-state index contributed by atoms with van der Waals surface area (Å²) in [6.07, 6.45) is 0.637. The molecule has 28 heavy (non-hydrogen) atoms. The van der Waals surface area contributed by atoms with Crippen molar-refractivity contribution >= 4 is 58.2 Å². The van der Waals surface area contributed by atoms with Gasteiger partial charge in [-0.1, -0.05) is 41.4 Å². The number of anilines is 1. The zero-order valence-electron chi connectivity index (χ0n) is 14.6. The van der Waals surface area contributed by atoms with Crippen LogP contribution in [0.2, 0.25) is 10.0 Å². The monoisotopic (exact) mass is 440 g/mol. The Bertz CT molecular complexity index is 837. The lowest BCUT2D eigenvalue weighted by Gasteiger charge is -2.12. The van der Waals surface area contributed by atoms with Crippen molar-refractivity contribution in [3.63, 3.8) is 0 Å². The predicted molar refractivity (Wildman–Crippen MR) is 114 cm³/mol. The quantitative estimate of drug-likeness (QED) is 0.310. The number of ether oxygens (including phenoxy) is 1. The summed E-state index contributed by atoms with van der Waals surface area (Å²) in [6, 6.07) is 13.3. The normalized spacial score (nSPS) is 9.93. The van der Waals surface area contributed by atoms with Crippen LogP contribution in [0.1, 0.15) is 12.8 Å². The fourth-order valence-electron chi connectivity index (χ4n) is 2.02. The van der Waals surface area contributed by atoms with Gasteiger partial charge in [0, 0.05) is 17.1 Å². The highest BCUT2D eigenvalue weighted by Gasteiger charge is 2.07. The number of hydrazine groups is 1. The minimum atomic E-state index is -0.518. The number of para-hydroxylation sites is 1. The molecule has 0 aliphatic rings. The maximum absolute atomic E-state index is 11.8. The third-order valence-corrected chi connectivity index (χ3v) is 4.01. The van der Waals surface area contributed by atoms with Crippen molar-refractivity contribution in [2.24, 2.45) is 0 Å². The van der Waals surface area contributed by atoms with Gasteiger partial charge >= 0.3 is 6.03 Å². The minimum Gasteiger partial charge on any atom is -0.492 e. The van der Waals surface area contributed by atoms with E-state index in [0.29, 0.717) is 34.5 Å². The van der Waals surface area contributed by atoms with E-state index in [1.54, 1.807) is 42.5 Å². The first-order chi connectivity index (χ1) is 13.4. The van der Waals surface area contributed by atoms with Crippen LogP contribution in [0.3, 0.4) is 0 Å². The SMILES string of the molecule is O=C(CCCOc1ccc(Cl)cc1Cl)NC(=S)NNC(=O)Nc1ccccc1. The van der Waals surface area contributed by atoms with Gasteiger partial charge in [0.1, 0.15) is 5.75 Å².